The molecule has 0 spiro atoms. The summed E-state index contributed by atoms with van der Waals surface area (Å²) in [5, 5.41) is 2.84. The van der Waals surface area contributed by atoms with Crippen LogP contribution in [-0.2, 0) is 9.59 Å². The van der Waals surface area contributed by atoms with Crippen LogP contribution < -0.4 is 11.1 Å². The number of nitrogens with two attached hydrogens (primary N) is 1. The standard InChI is InChI=1S/C10H18N2O2/c1-6(2)9(10(11)14)7-4-3-5-8(13)12-7/h6-7,9H,3-5H2,1-2H3,(H2,11,14)(H,12,13). The maximum atomic E-state index is 11.2. The van der Waals surface area contributed by atoms with Gasteiger partial charge in [0.25, 0.3) is 0 Å². The number of nitrogens with one attached hydrogen (secondary N) is 1. The number of amides is 2. The number of primary amides is 1. The molecule has 0 aromatic carbocycles. The third-order valence-electron chi connectivity index (χ3n) is 2.75. The lowest BCUT2D eigenvalue weighted by atomic mass is 9.83. The van der Waals surface area contributed by atoms with Gasteiger partial charge >= 0.3 is 0 Å². The van der Waals surface area contributed by atoms with Gasteiger partial charge in [-0.15, -0.1) is 0 Å². The van der Waals surface area contributed by atoms with Crippen molar-refractivity contribution < 1.29 is 9.59 Å². The van der Waals surface area contributed by atoms with Crippen LogP contribution in [0.5, 0.6) is 0 Å². The molecule has 14 heavy (non-hydrogen) atoms. The average molecular weight is 198 g/mol. The summed E-state index contributed by atoms with van der Waals surface area (Å²) in [4.78, 5) is 22.4. The number of carbonyl (C=O) groups excluding carboxylic acids is 2. The molecule has 0 bridgehead atoms. The molecule has 4 nitrogen and oxygen atoms in total. The van der Waals surface area contributed by atoms with E-state index in [1.165, 1.54) is 0 Å². The van der Waals surface area contributed by atoms with E-state index in [2.05, 4.69) is 5.32 Å². The summed E-state index contributed by atoms with van der Waals surface area (Å²) in [6, 6.07) is -0.0613. The first-order chi connectivity index (χ1) is 6.52. The van der Waals surface area contributed by atoms with Crippen LogP contribution in [0.4, 0.5) is 0 Å². The minimum Gasteiger partial charge on any atom is -0.369 e. The second-order valence-corrected chi connectivity index (χ2v) is 4.24. The zero-order valence-corrected chi connectivity index (χ0v) is 8.75. The van der Waals surface area contributed by atoms with Crippen LogP contribution in [0, 0.1) is 11.8 Å². The van der Waals surface area contributed by atoms with Crippen molar-refractivity contribution in [2.75, 3.05) is 0 Å². The maximum absolute atomic E-state index is 11.2. The van der Waals surface area contributed by atoms with Crippen molar-refractivity contribution in [3.8, 4) is 0 Å². The zero-order valence-electron chi connectivity index (χ0n) is 8.75. The van der Waals surface area contributed by atoms with Gasteiger partial charge in [-0.1, -0.05) is 13.8 Å². The molecule has 80 valence electrons. The van der Waals surface area contributed by atoms with Gasteiger partial charge in [0.1, 0.15) is 0 Å². The lowest BCUT2D eigenvalue weighted by molar-refractivity contribution is -0.127. The van der Waals surface area contributed by atoms with Crippen LogP contribution in [0.2, 0.25) is 0 Å². The first kappa shape index (κ1) is 11.0. The predicted octanol–water partition coefficient (Wildman–Crippen LogP) is 0.413. The summed E-state index contributed by atoms with van der Waals surface area (Å²) in [7, 11) is 0. The summed E-state index contributed by atoms with van der Waals surface area (Å²) in [5.41, 5.74) is 5.32. The van der Waals surface area contributed by atoms with Gasteiger partial charge in [0.05, 0.1) is 5.92 Å². The monoisotopic (exact) mass is 198 g/mol. The van der Waals surface area contributed by atoms with E-state index in [1.807, 2.05) is 13.8 Å². The van der Waals surface area contributed by atoms with E-state index in [0.717, 1.165) is 12.8 Å². The normalized spacial score (nSPS) is 24.5. The van der Waals surface area contributed by atoms with Crippen molar-refractivity contribution in [2.24, 2.45) is 17.6 Å². The second kappa shape index (κ2) is 4.44. The molecule has 2 unspecified atom stereocenters. The average Bonchev–Trinajstić information content (AvgIpc) is 2.02. The number of rotatable bonds is 3. The fourth-order valence-corrected chi connectivity index (χ4v) is 2.09. The molecule has 0 saturated carbocycles. The number of carbonyl (C=O) groups is 2. The van der Waals surface area contributed by atoms with E-state index in [0.29, 0.717) is 6.42 Å². The summed E-state index contributed by atoms with van der Waals surface area (Å²) >= 11 is 0. The molecule has 1 aliphatic heterocycles. The summed E-state index contributed by atoms with van der Waals surface area (Å²) in [6.45, 7) is 3.91. The van der Waals surface area contributed by atoms with Crippen molar-refractivity contribution in [1.82, 2.24) is 5.32 Å². The molecule has 1 rings (SSSR count). The van der Waals surface area contributed by atoms with E-state index in [9.17, 15) is 9.59 Å². The van der Waals surface area contributed by atoms with Crippen molar-refractivity contribution in [2.45, 2.75) is 39.2 Å². The smallest absolute Gasteiger partial charge is 0.222 e. The first-order valence-corrected chi connectivity index (χ1v) is 5.11. The molecular weight excluding hydrogens is 180 g/mol. The quantitative estimate of drug-likeness (QED) is 0.689. The number of piperidine rings is 1. The van der Waals surface area contributed by atoms with Crippen molar-refractivity contribution >= 4 is 11.8 Å². The minimum absolute atomic E-state index is 0.0353. The molecule has 2 amide bonds. The Morgan fingerprint density at radius 3 is 2.64 bits per heavy atom. The van der Waals surface area contributed by atoms with Gasteiger partial charge in [0.15, 0.2) is 0 Å². The van der Waals surface area contributed by atoms with E-state index < -0.39 is 0 Å². The van der Waals surface area contributed by atoms with E-state index in [4.69, 9.17) is 5.73 Å². The van der Waals surface area contributed by atoms with Crippen molar-refractivity contribution in [3.63, 3.8) is 0 Å². The molecule has 1 fully saturated rings. The van der Waals surface area contributed by atoms with Crippen LogP contribution in [0.1, 0.15) is 33.1 Å². The highest BCUT2D eigenvalue weighted by atomic mass is 16.2. The summed E-state index contributed by atoms with van der Waals surface area (Å²) in [6.07, 6.45) is 2.28. The molecule has 0 aliphatic carbocycles. The highest BCUT2D eigenvalue weighted by Gasteiger charge is 2.32. The Balaban J connectivity index is 2.67. The highest BCUT2D eigenvalue weighted by molar-refractivity contribution is 5.81. The maximum Gasteiger partial charge on any atom is 0.222 e. The summed E-state index contributed by atoms with van der Waals surface area (Å²) in [5.74, 6) is -0.338. The number of hydrogen-bond acceptors (Lipinski definition) is 2. The Bertz CT molecular complexity index is 238. The first-order valence-electron chi connectivity index (χ1n) is 5.11. The van der Waals surface area contributed by atoms with Gasteiger partial charge in [-0.25, -0.2) is 0 Å². The molecule has 4 heteroatoms. The third-order valence-corrected chi connectivity index (χ3v) is 2.75. The van der Waals surface area contributed by atoms with Gasteiger partial charge in [-0.3, -0.25) is 9.59 Å². The molecule has 3 N–H and O–H groups in total. The van der Waals surface area contributed by atoms with Crippen molar-refractivity contribution in [1.29, 1.82) is 0 Å². The van der Waals surface area contributed by atoms with Crippen molar-refractivity contribution in [3.05, 3.63) is 0 Å². The van der Waals surface area contributed by atoms with Crippen LogP contribution >= 0.6 is 0 Å². The fourth-order valence-electron chi connectivity index (χ4n) is 2.09. The predicted molar refractivity (Wildman–Crippen MR) is 53.3 cm³/mol. The third kappa shape index (κ3) is 2.47. The largest absolute Gasteiger partial charge is 0.369 e. The van der Waals surface area contributed by atoms with Crippen LogP contribution in [0.15, 0.2) is 0 Å². The van der Waals surface area contributed by atoms with Gasteiger partial charge in [0, 0.05) is 12.5 Å². The molecule has 1 saturated heterocycles. The van der Waals surface area contributed by atoms with Crippen LogP contribution in [-0.4, -0.2) is 17.9 Å². The Morgan fingerprint density at radius 1 is 1.57 bits per heavy atom. The lowest BCUT2D eigenvalue weighted by Crippen LogP contribution is -2.49. The summed E-state index contributed by atoms with van der Waals surface area (Å²) < 4.78 is 0. The molecule has 0 aromatic rings. The van der Waals surface area contributed by atoms with E-state index >= 15 is 0 Å². The van der Waals surface area contributed by atoms with Gasteiger partial charge in [0.2, 0.25) is 11.8 Å². The van der Waals surface area contributed by atoms with Gasteiger partial charge < -0.3 is 11.1 Å². The molecule has 0 radical (unpaired) electrons. The highest BCUT2D eigenvalue weighted by Crippen LogP contribution is 2.22. The van der Waals surface area contributed by atoms with Crippen LogP contribution in [0.3, 0.4) is 0 Å². The second-order valence-electron chi connectivity index (χ2n) is 4.24. The Labute approximate surface area is 84.2 Å². The van der Waals surface area contributed by atoms with Gasteiger partial charge in [-0.2, -0.15) is 0 Å². The van der Waals surface area contributed by atoms with E-state index in [1.54, 1.807) is 0 Å². The Hall–Kier alpha value is -1.06. The van der Waals surface area contributed by atoms with Gasteiger partial charge in [-0.05, 0) is 18.8 Å². The molecular formula is C10H18N2O2. The molecule has 2 atom stereocenters. The topological polar surface area (TPSA) is 72.2 Å². The fraction of sp³-hybridized carbons (Fsp3) is 0.800. The molecule has 1 aliphatic rings. The Morgan fingerprint density at radius 2 is 2.21 bits per heavy atom. The lowest BCUT2D eigenvalue weighted by Gasteiger charge is -2.31. The SMILES string of the molecule is CC(C)C(C(N)=O)C1CCCC(=O)N1. The minimum atomic E-state index is -0.313. The number of hydrogen-bond donors (Lipinski definition) is 2. The molecule has 1 heterocycles. The molecule has 0 aromatic heterocycles. The zero-order chi connectivity index (χ0) is 10.7. The Kier molecular flexibility index (Phi) is 3.49. The van der Waals surface area contributed by atoms with Crippen LogP contribution in [0.25, 0.3) is 0 Å². The van der Waals surface area contributed by atoms with E-state index in [-0.39, 0.29) is 29.7 Å².